The average molecular weight is 336 g/mol. The van der Waals surface area contributed by atoms with Crippen LogP contribution in [0.2, 0.25) is 0 Å². The summed E-state index contributed by atoms with van der Waals surface area (Å²) in [5, 5.41) is 9.34. The van der Waals surface area contributed by atoms with Crippen molar-refractivity contribution in [1.29, 1.82) is 0 Å². The Bertz CT molecular complexity index is 1130. The number of pyridine rings is 1. The van der Waals surface area contributed by atoms with Crippen molar-refractivity contribution >= 4 is 31.8 Å². The molecule has 0 fully saturated rings. The van der Waals surface area contributed by atoms with E-state index in [4.69, 9.17) is 0 Å². The highest BCUT2D eigenvalue weighted by Crippen LogP contribution is 2.30. The number of benzene rings is 1. The van der Waals surface area contributed by atoms with E-state index < -0.39 is 0 Å². The fourth-order valence-corrected chi connectivity index (χ4v) is 3.77. The zero-order chi connectivity index (χ0) is 16.8. The third kappa shape index (κ3) is 2.22. The molecule has 24 heavy (non-hydrogen) atoms. The van der Waals surface area contributed by atoms with E-state index in [-0.39, 0.29) is 5.56 Å². The van der Waals surface area contributed by atoms with Crippen molar-refractivity contribution in [2.24, 2.45) is 0 Å². The second-order valence-electron chi connectivity index (χ2n) is 5.85. The maximum Gasteiger partial charge on any atom is 0.292 e. The monoisotopic (exact) mass is 336 g/mol. The molecule has 0 saturated carbocycles. The van der Waals surface area contributed by atoms with Crippen LogP contribution in [-0.4, -0.2) is 20.0 Å². The molecule has 0 amide bonds. The van der Waals surface area contributed by atoms with Crippen molar-refractivity contribution in [3.63, 3.8) is 0 Å². The predicted octanol–water partition coefficient (Wildman–Crippen LogP) is 3.57. The first-order chi connectivity index (χ1) is 11.6. The molecular weight excluding hydrogens is 320 g/mol. The Balaban J connectivity index is 1.97. The third-order valence-electron chi connectivity index (χ3n) is 4.31. The highest BCUT2D eigenvalue weighted by atomic mass is 32.1. The van der Waals surface area contributed by atoms with E-state index in [1.54, 1.807) is 0 Å². The van der Waals surface area contributed by atoms with Gasteiger partial charge in [-0.1, -0.05) is 24.3 Å². The lowest BCUT2D eigenvalue weighted by Gasteiger charge is -2.04. The molecule has 3 aromatic heterocycles. The molecule has 120 valence electrons. The summed E-state index contributed by atoms with van der Waals surface area (Å²) >= 11 is 1.38. The molecule has 0 atom stereocenters. The smallest absolute Gasteiger partial charge is 0.266 e. The van der Waals surface area contributed by atoms with E-state index in [0.29, 0.717) is 10.2 Å². The van der Waals surface area contributed by atoms with Gasteiger partial charge in [0.15, 0.2) is 0 Å². The first kappa shape index (κ1) is 15.0. The minimum absolute atomic E-state index is 0.150. The zero-order valence-electron chi connectivity index (χ0n) is 13.7. The average Bonchev–Trinajstić information content (AvgIpc) is 2.94. The van der Waals surface area contributed by atoms with Crippen LogP contribution >= 0.6 is 11.3 Å². The number of nitrogens with zero attached hydrogens (tertiary/aromatic N) is 4. The van der Waals surface area contributed by atoms with Crippen molar-refractivity contribution < 1.29 is 0 Å². The fourth-order valence-electron chi connectivity index (χ4n) is 2.71. The van der Waals surface area contributed by atoms with E-state index in [2.05, 4.69) is 22.2 Å². The van der Waals surface area contributed by atoms with Crippen molar-refractivity contribution in [3.05, 3.63) is 57.5 Å². The van der Waals surface area contributed by atoms with E-state index in [1.165, 1.54) is 21.6 Å². The first-order valence-electron chi connectivity index (χ1n) is 7.84. The van der Waals surface area contributed by atoms with Gasteiger partial charge in [0.2, 0.25) is 0 Å². The number of aryl methyl sites for hydroxylation is 3. The fraction of sp³-hybridized carbons (Fsp3) is 0.222. The van der Waals surface area contributed by atoms with Crippen LogP contribution in [0.15, 0.2) is 35.1 Å². The summed E-state index contributed by atoms with van der Waals surface area (Å²) in [5.74, 6) is 0. The van der Waals surface area contributed by atoms with Crippen molar-refractivity contribution in [1.82, 2.24) is 20.0 Å². The van der Waals surface area contributed by atoms with Gasteiger partial charge in [0.05, 0.1) is 5.69 Å². The highest BCUT2D eigenvalue weighted by Gasteiger charge is 2.15. The minimum Gasteiger partial charge on any atom is -0.266 e. The van der Waals surface area contributed by atoms with Crippen LogP contribution in [0.4, 0.5) is 0 Å². The quantitative estimate of drug-likeness (QED) is 0.561. The molecule has 1 aromatic carbocycles. The Labute approximate surface area is 142 Å². The maximum atomic E-state index is 12.9. The molecule has 0 aliphatic carbocycles. The number of aromatic nitrogens is 4. The van der Waals surface area contributed by atoms with Crippen LogP contribution in [0.5, 0.6) is 0 Å². The molecule has 0 spiro atoms. The van der Waals surface area contributed by atoms with Gasteiger partial charge in [-0.05, 0) is 49.6 Å². The van der Waals surface area contributed by atoms with Gasteiger partial charge in [-0.2, -0.15) is 4.68 Å². The Kier molecular flexibility index (Phi) is 3.42. The second-order valence-corrected chi connectivity index (χ2v) is 6.85. The van der Waals surface area contributed by atoms with Gasteiger partial charge in [0.25, 0.3) is 5.56 Å². The number of thiophene rings is 1. The van der Waals surface area contributed by atoms with E-state index in [9.17, 15) is 4.79 Å². The molecular formula is C18H16N4OS. The molecule has 4 rings (SSSR count). The van der Waals surface area contributed by atoms with Crippen LogP contribution < -0.4 is 5.56 Å². The summed E-state index contributed by atoms with van der Waals surface area (Å²) in [5.41, 5.74) is 4.49. The standard InChI is InChI=1S/C18H16N4OS/c1-4-12-5-7-13(8-6-12)22-18(23)16-15(20-21-22)14-9-10(2)11(3)19-17(14)24-16/h5-9H,4H2,1-3H3. The Hall–Kier alpha value is -2.60. The summed E-state index contributed by atoms with van der Waals surface area (Å²) in [7, 11) is 0. The van der Waals surface area contributed by atoms with Crippen LogP contribution in [0.1, 0.15) is 23.7 Å². The molecule has 0 bridgehead atoms. The van der Waals surface area contributed by atoms with Gasteiger partial charge in [0.1, 0.15) is 15.0 Å². The maximum absolute atomic E-state index is 12.9. The molecule has 0 unspecified atom stereocenters. The number of rotatable bonds is 2. The second kappa shape index (κ2) is 5.49. The molecule has 3 heterocycles. The largest absolute Gasteiger partial charge is 0.292 e. The summed E-state index contributed by atoms with van der Waals surface area (Å²) in [6.07, 6.45) is 0.959. The Morgan fingerprint density at radius 3 is 2.62 bits per heavy atom. The van der Waals surface area contributed by atoms with Crippen LogP contribution in [0.25, 0.3) is 26.1 Å². The highest BCUT2D eigenvalue weighted by molar-refractivity contribution is 7.25. The van der Waals surface area contributed by atoms with Crippen LogP contribution in [0, 0.1) is 13.8 Å². The van der Waals surface area contributed by atoms with Crippen LogP contribution in [0.3, 0.4) is 0 Å². The van der Waals surface area contributed by atoms with Gasteiger partial charge in [0, 0.05) is 11.1 Å². The lowest BCUT2D eigenvalue weighted by molar-refractivity contribution is 0.740. The molecule has 5 nitrogen and oxygen atoms in total. The Morgan fingerprint density at radius 2 is 1.92 bits per heavy atom. The molecule has 0 saturated heterocycles. The van der Waals surface area contributed by atoms with E-state index >= 15 is 0 Å². The number of hydrogen-bond donors (Lipinski definition) is 0. The topological polar surface area (TPSA) is 60.7 Å². The van der Waals surface area contributed by atoms with Crippen LogP contribution in [-0.2, 0) is 6.42 Å². The number of hydrogen-bond acceptors (Lipinski definition) is 5. The van der Waals surface area contributed by atoms with Gasteiger partial charge >= 0.3 is 0 Å². The third-order valence-corrected chi connectivity index (χ3v) is 5.39. The molecule has 0 radical (unpaired) electrons. The van der Waals surface area contributed by atoms with Gasteiger partial charge in [-0.3, -0.25) is 4.79 Å². The first-order valence-corrected chi connectivity index (χ1v) is 8.66. The summed E-state index contributed by atoms with van der Waals surface area (Å²) in [6.45, 7) is 6.08. The van der Waals surface area contributed by atoms with Gasteiger partial charge in [-0.25, -0.2) is 4.98 Å². The summed E-state index contributed by atoms with van der Waals surface area (Å²) < 4.78 is 1.95. The predicted molar refractivity (Wildman–Crippen MR) is 97.2 cm³/mol. The number of fused-ring (bicyclic) bond motifs is 3. The minimum atomic E-state index is -0.150. The van der Waals surface area contributed by atoms with Gasteiger partial charge in [-0.15, -0.1) is 16.4 Å². The lowest BCUT2D eigenvalue weighted by atomic mass is 10.1. The van der Waals surface area contributed by atoms with E-state index in [1.807, 2.05) is 44.2 Å². The lowest BCUT2D eigenvalue weighted by Crippen LogP contribution is -2.21. The van der Waals surface area contributed by atoms with Crippen molar-refractivity contribution in [3.8, 4) is 5.69 Å². The van der Waals surface area contributed by atoms with Crippen molar-refractivity contribution in [2.45, 2.75) is 27.2 Å². The SMILES string of the molecule is CCc1ccc(-n2nnc3c(sc4nc(C)c(C)cc43)c2=O)cc1. The summed E-state index contributed by atoms with van der Waals surface area (Å²) in [6, 6.07) is 9.85. The molecule has 0 aliphatic heterocycles. The van der Waals surface area contributed by atoms with Gasteiger partial charge < -0.3 is 0 Å². The molecule has 6 heteroatoms. The zero-order valence-corrected chi connectivity index (χ0v) is 14.5. The van der Waals surface area contributed by atoms with Crippen molar-refractivity contribution in [2.75, 3.05) is 0 Å². The Morgan fingerprint density at radius 1 is 1.17 bits per heavy atom. The van der Waals surface area contributed by atoms with E-state index in [0.717, 1.165) is 33.6 Å². The normalized spacial score (nSPS) is 11.5. The summed E-state index contributed by atoms with van der Waals surface area (Å²) in [4.78, 5) is 18.3. The molecule has 0 N–H and O–H groups in total. The molecule has 4 aromatic rings. The molecule has 0 aliphatic rings.